The summed E-state index contributed by atoms with van der Waals surface area (Å²) in [5.41, 5.74) is 6.04. The van der Waals surface area contributed by atoms with Crippen molar-refractivity contribution in [3.63, 3.8) is 0 Å². The Morgan fingerprint density at radius 2 is 0.956 bits per heavy atom. The number of carbonyl (C=O) groups is 1. The first-order valence-electron chi connectivity index (χ1n) is 15.0. The average Bonchev–Trinajstić information content (AvgIpc) is 3.11. The summed E-state index contributed by atoms with van der Waals surface area (Å²) < 4.78 is 23.8. The zero-order valence-corrected chi connectivity index (χ0v) is 26.9. The van der Waals surface area contributed by atoms with Crippen molar-refractivity contribution in [3.05, 3.63) is 126 Å². The molecule has 0 aliphatic carbocycles. The molecule has 45 heavy (non-hydrogen) atoms. The fourth-order valence-corrected chi connectivity index (χ4v) is 10.3. The second-order valence-electron chi connectivity index (χ2n) is 11.0. The van der Waals surface area contributed by atoms with E-state index in [-0.39, 0.29) is 17.1 Å². The average molecular weight is 617 g/mol. The van der Waals surface area contributed by atoms with Gasteiger partial charge in [-0.15, -0.1) is 0 Å². The topological polar surface area (TPSA) is 54.0 Å². The molecule has 0 N–H and O–H groups in total. The van der Waals surface area contributed by atoms with Gasteiger partial charge in [0.2, 0.25) is 0 Å². The molecule has 0 radical (unpaired) electrons. The molecule has 6 heteroatoms. The van der Waals surface area contributed by atoms with E-state index in [1.165, 1.54) is 5.30 Å². The van der Waals surface area contributed by atoms with Gasteiger partial charge in [0, 0.05) is 35.3 Å². The van der Waals surface area contributed by atoms with Crippen molar-refractivity contribution in [2.24, 2.45) is 0 Å². The SMILES string of the molecule is COc1cccc(OC)c1C1CC(=O)CC(c2c(OC)cccc2OC)P1c1ccc(-c2ccccc2)cc1-c1ccccc1. The fraction of sp³-hybridized carbons (Fsp3) is 0.205. The van der Waals surface area contributed by atoms with Crippen molar-refractivity contribution in [2.75, 3.05) is 28.4 Å². The molecule has 228 valence electrons. The Morgan fingerprint density at radius 3 is 1.40 bits per heavy atom. The second-order valence-corrected chi connectivity index (χ2v) is 13.5. The van der Waals surface area contributed by atoms with Crippen LogP contribution in [0.1, 0.15) is 35.3 Å². The fourth-order valence-electron chi connectivity index (χ4n) is 6.58. The van der Waals surface area contributed by atoms with E-state index in [2.05, 4.69) is 66.7 Å². The van der Waals surface area contributed by atoms with E-state index in [9.17, 15) is 4.79 Å². The van der Waals surface area contributed by atoms with Gasteiger partial charge in [-0.25, -0.2) is 0 Å². The monoisotopic (exact) mass is 616 g/mol. The summed E-state index contributed by atoms with van der Waals surface area (Å²) >= 11 is 0. The smallest absolute Gasteiger partial charge is 0.134 e. The number of methoxy groups -OCH3 is 4. The van der Waals surface area contributed by atoms with Crippen molar-refractivity contribution < 1.29 is 23.7 Å². The first kappa shape index (κ1) is 30.4. The normalized spacial score (nSPS) is 17.9. The molecule has 0 amide bonds. The van der Waals surface area contributed by atoms with E-state index in [0.717, 1.165) is 56.4 Å². The molecule has 0 aromatic heterocycles. The van der Waals surface area contributed by atoms with Crippen molar-refractivity contribution >= 4 is 19.0 Å². The van der Waals surface area contributed by atoms with Crippen LogP contribution in [-0.4, -0.2) is 34.2 Å². The molecule has 1 heterocycles. The van der Waals surface area contributed by atoms with E-state index in [0.29, 0.717) is 12.8 Å². The minimum atomic E-state index is -1.13. The van der Waals surface area contributed by atoms with Crippen LogP contribution in [0.25, 0.3) is 22.3 Å². The van der Waals surface area contributed by atoms with E-state index < -0.39 is 7.92 Å². The number of ether oxygens (including phenoxy) is 4. The molecular weight excluding hydrogens is 579 g/mol. The van der Waals surface area contributed by atoms with Gasteiger partial charge in [-0.2, -0.15) is 0 Å². The lowest BCUT2D eigenvalue weighted by atomic mass is 9.97. The zero-order chi connectivity index (χ0) is 31.3. The van der Waals surface area contributed by atoms with Crippen LogP contribution >= 0.6 is 7.92 Å². The summed E-state index contributed by atoms with van der Waals surface area (Å²) in [6.07, 6.45) is 0.760. The van der Waals surface area contributed by atoms with Gasteiger partial charge in [-0.05, 0) is 57.9 Å². The Hall–Kier alpha value is -4.60. The Morgan fingerprint density at radius 1 is 0.511 bits per heavy atom. The first-order valence-corrected chi connectivity index (χ1v) is 16.5. The molecule has 5 aromatic rings. The van der Waals surface area contributed by atoms with Crippen molar-refractivity contribution in [1.29, 1.82) is 0 Å². The maximum atomic E-state index is 13.8. The Balaban J connectivity index is 1.67. The molecule has 1 aliphatic rings. The van der Waals surface area contributed by atoms with Gasteiger partial charge in [0.1, 0.15) is 28.8 Å². The van der Waals surface area contributed by atoms with Crippen molar-refractivity contribution in [2.45, 2.75) is 24.2 Å². The highest BCUT2D eigenvalue weighted by atomic mass is 31.1. The minimum Gasteiger partial charge on any atom is -0.496 e. The molecular formula is C39H37O5P. The number of hydrogen-bond acceptors (Lipinski definition) is 5. The lowest BCUT2D eigenvalue weighted by molar-refractivity contribution is -0.119. The number of Topliss-reactive ketones (excluding diaryl/α,β-unsaturated/α-hetero) is 1. The highest BCUT2D eigenvalue weighted by Crippen LogP contribution is 2.70. The van der Waals surface area contributed by atoms with Crippen LogP contribution in [-0.2, 0) is 4.79 Å². The van der Waals surface area contributed by atoms with Crippen LogP contribution in [0, 0.1) is 0 Å². The van der Waals surface area contributed by atoms with Gasteiger partial charge < -0.3 is 18.9 Å². The molecule has 6 rings (SSSR count). The summed E-state index contributed by atoms with van der Waals surface area (Å²) in [6.45, 7) is 0. The maximum absolute atomic E-state index is 13.8. The first-order chi connectivity index (χ1) is 22.1. The molecule has 2 atom stereocenters. The number of benzene rings is 5. The van der Waals surface area contributed by atoms with Crippen molar-refractivity contribution in [1.82, 2.24) is 0 Å². The van der Waals surface area contributed by atoms with Crippen LogP contribution in [0.5, 0.6) is 23.0 Å². The summed E-state index contributed by atoms with van der Waals surface area (Å²) in [6, 6.07) is 39.4. The molecule has 0 bridgehead atoms. The summed E-state index contributed by atoms with van der Waals surface area (Å²) in [7, 11) is 5.58. The summed E-state index contributed by atoms with van der Waals surface area (Å²) in [5.74, 6) is 3.06. The summed E-state index contributed by atoms with van der Waals surface area (Å²) in [5, 5.41) is 1.21. The molecule has 1 fully saturated rings. The Kier molecular flexibility index (Phi) is 9.18. The van der Waals surface area contributed by atoms with E-state index >= 15 is 0 Å². The van der Waals surface area contributed by atoms with Gasteiger partial charge in [0.25, 0.3) is 0 Å². The molecule has 5 nitrogen and oxygen atoms in total. The molecule has 0 saturated carbocycles. The van der Waals surface area contributed by atoms with Gasteiger partial charge in [0.05, 0.1) is 28.4 Å². The van der Waals surface area contributed by atoms with E-state index in [4.69, 9.17) is 18.9 Å². The molecule has 5 aromatic carbocycles. The quantitative estimate of drug-likeness (QED) is 0.155. The Labute approximate surface area is 266 Å². The van der Waals surface area contributed by atoms with Crippen LogP contribution in [0.15, 0.2) is 115 Å². The number of hydrogen-bond donors (Lipinski definition) is 0. The van der Waals surface area contributed by atoms with Gasteiger partial charge in [-0.3, -0.25) is 4.79 Å². The van der Waals surface area contributed by atoms with Crippen LogP contribution in [0.2, 0.25) is 0 Å². The van der Waals surface area contributed by atoms with Gasteiger partial charge >= 0.3 is 0 Å². The third-order valence-electron chi connectivity index (χ3n) is 8.58. The van der Waals surface area contributed by atoms with Crippen molar-refractivity contribution in [3.8, 4) is 45.3 Å². The zero-order valence-electron chi connectivity index (χ0n) is 26.0. The number of rotatable bonds is 9. The highest BCUT2D eigenvalue weighted by Gasteiger charge is 2.44. The third-order valence-corrected chi connectivity index (χ3v) is 11.7. The summed E-state index contributed by atoms with van der Waals surface area (Å²) in [4.78, 5) is 13.8. The highest BCUT2D eigenvalue weighted by molar-refractivity contribution is 7.66. The lowest BCUT2D eigenvalue weighted by Crippen LogP contribution is -2.26. The van der Waals surface area contributed by atoms with Crippen LogP contribution in [0.3, 0.4) is 0 Å². The predicted molar refractivity (Wildman–Crippen MR) is 183 cm³/mol. The minimum absolute atomic E-state index is 0.183. The third kappa shape index (κ3) is 5.93. The Bertz CT molecular complexity index is 1670. The van der Waals surface area contributed by atoms with E-state index in [1.54, 1.807) is 28.4 Å². The standard InChI is InChI=1S/C39H37O5P/c1-41-31-17-11-18-32(42-2)38(31)36-24-29(40)25-37(39-33(43-3)19-12-20-34(39)44-4)45(36)35-22-21-28(26-13-7-5-8-14-26)23-30(35)27-15-9-6-10-16-27/h5-23,36-37H,24-25H2,1-4H3. The molecule has 1 aliphatic heterocycles. The largest absolute Gasteiger partial charge is 0.496 e. The van der Waals surface area contributed by atoms with Gasteiger partial charge in [0.15, 0.2) is 0 Å². The van der Waals surface area contributed by atoms with Gasteiger partial charge in [-0.1, -0.05) is 92.9 Å². The van der Waals surface area contributed by atoms with Crippen LogP contribution < -0.4 is 24.3 Å². The lowest BCUT2D eigenvalue weighted by Gasteiger charge is -2.41. The molecule has 0 spiro atoms. The second kappa shape index (κ2) is 13.6. The number of ketones is 1. The maximum Gasteiger partial charge on any atom is 0.134 e. The van der Waals surface area contributed by atoms with Crippen LogP contribution in [0.4, 0.5) is 0 Å². The predicted octanol–water partition coefficient (Wildman–Crippen LogP) is 9.01. The van der Waals surface area contributed by atoms with E-state index in [1.807, 2.05) is 48.5 Å². The molecule has 1 saturated heterocycles. The molecule has 2 unspecified atom stereocenters. The number of carbonyl (C=O) groups excluding carboxylic acids is 1.